The summed E-state index contributed by atoms with van der Waals surface area (Å²) in [5.74, 6) is 1.50. The van der Waals surface area contributed by atoms with Crippen LogP contribution in [0.3, 0.4) is 0 Å². The molecule has 2 N–H and O–H groups in total. The van der Waals surface area contributed by atoms with Crippen molar-refractivity contribution in [2.24, 2.45) is 0 Å². The van der Waals surface area contributed by atoms with Gasteiger partial charge in [-0.2, -0.15) is 0 Å². The van der Waals surface area contributed by atoms with E-state index in [1.54, 1.807) is 0 Å². The number of halogens is 2. The standard InChI is InChI=1S/C20H24Br2N2O2/c1-20(25,8-11-24-12-9-23-10-13-24)15-2-5-17(6-3-15)26-19-7-4-16(21)14-18(19)22/h2-7,14,23,25H,8-13H2,1H3. The molecule has 0 radical (unpaired) electrons. The van der Waals surface area contributed by atoms with Gasteiger partial charge in [-0.1, -0.05) is 28.1 Å². The Kier molecular flexibility index (Phi) is 6.75. The normalized spacial score (nSPS) is 17.7. The van der Waals surface area contributed by atoms with E-state index in [-0.39, 0.29) is 0 Å². The molecule has 6 heteroatoms. The highest BCUT2D eigenvalue weighted by atomic mass is 79.9. The van der Waals surface area contributed by atoms with Gasteiger partial charge in [-0.05, 0) is 65.2 Å². The van der Waals surface area contributed by atoms with Crippen LogP contribution in [-0.4, -0.2) is 42.7 Å². The minimum Gasteiger partial charge on any atom is -0.456 e. The third-order valence-corrected chi connectivity index (χ3v) is 5.84. The molecule has 1 fully saturated rings. The van der Waals surface area contributed by atoms with Crippen molar-refractivity contribution >= 4 is 31.9 Å². The number of nitrogens with zero attached hydrogens (tertiary/aromatic N) is 1. The number of aliphatic hydroxyl groups is 1. The van der Waals surface area contributed by atoms with E-state index in [1.165, 1.54) is 0 Å². The third-order valence-electron chi connectivity index (χ3n) is 4.72. The molecule has 0 spiro atoms. The zero-order valence-corrected chi connectivity index (χ0v) is 18.0. The summed E-state index contributed by atoms with van der Waals surface area (Å²) in [7, 11) is 0. The molecule has 1 heterocycles. The van der Waals surface area contributed by atoms with Gasteiger partial charge in [0.2, 0.25) is 0 Å². The van der Waals surface area contributed by atoms with Crippen LogP contribution in [0.4, 0.5) is 0 Å². The molecule has 0 bridgehead atoms. The van der Waals surface area contributed by atoms with Crippen molar-refractivity contribution in [3.63, 3.8) is 0 Å². The van der Waals surface area contributed by atoms with Gasteiger partial charge in [0, 0.05) is 37.2 Å². The Morgan fingerprint density at radius 1 is 1.12 bits per heavy atom. The average Bonchev–Trinajstić information content (AvgIpc) is 2.64. The number of hydrogen-bond donors (Lipinski definition) is 2. The average molecular weight is 484 g/mol. The molecule has 1 atom stereocenters. The van der Waals surface area contributed by atoms with Crippen LogP contribution in [0.25, 0.3) is 0 Å². The number of rotatable bonds is 6. The van der Waals surface area contributed by atoms with E-state index in [0.717, 1.165) is 58.7 Å². The Labute approximate surface area is 171 Å². The highest BCUT2D eigenvalue weighted by molar-refractivity contribution is 9.11. The van der Waals surface area contributed by atoms with Gasteiger partial charge in [0.15, 0.2) is 0 Å². The number of hydrogen-bond acceptors (Lipinski definition) is 4. The van der Waals surface area contributed by atoms with E-state index in [0.29, 0.717) is 6.42 Å². The Morgan fingerprint density at radius 2 is 1.81 bits per heavy atom. The van der Waals surface area contributed by atoms with E-state index in [9.17, 15) is 5.11 Å². The Balaban J connectivity index is 1.62. The first kappa shape index (κ1) is 19.8. The number of piperazine rings is 1. The lowest BCUT2D eigenvalue weighted by Gasteiger charge is -2.31. The molecule has 2 aromatic carbocycles. The Morgan fingerprint density at radius 3 is 2.46 bits per heavy atom. The van der Waals surface area contributed by atoms with Gasteiger partial charge in [-0.15, -0.1) is 0 Å². The molecule has 0 saturated carbocycles. The SMILES string of the molecule is CC(O)(CCN1CCNCC1)c1ccc(Oc2ccc(Br)cc2Br)cc1. The van der Waals surface area contributed by atoms with Gasteiger partial charge in [0.05, 0.1) is 10.1 Å². The molecule has 140 valence electrons. The number of ether oxygens (including phenoxy) is 1. The van der Waals surface area contributed by atoms with Crippen molar-refractivity contribution in [2.45, 2.75) is 18.9 Å². The zero-order valence-electron chi connectivity index (χ0n) is 14.8. The second-order valence-corrected chi connectivity index (χ2v) is 8.59. The summed E-state index contributed by atoms with van der Waals surface area (Å²) in [6.07, 6.45) is 0.714. The molecule has 1 aliphatic heterocycles. The fourth-order valence-corrected chi connectivity index (χ4v) is 4.15. The summed E-state index contributed by atoms with van der Waals surface area (Å²) in [5, 5.41) is 14.2. The highest BCUT2D eigenvalue weighted by Crippen LogP contribution is 2.33. The van der Waals surface area contributed by atoms with Gasteiger partial charge in [-0.25, -0.2) is 0 Å². The minimum absolute atomic E-state index is 0.714. The van der Waals surface area contributed by atoms with Crippen LogP contribution in [0.2, 0.25) is 0 Å². The van der Waals surface area contributed by atoms with E-state index >= 15 is 0 Å². The van der Waals surface area contributed by atoms with Gasteiger partial charge >= 0.3 is 0 Å². The molecule has 3 rings (SSSR count). The molecular weight excluding hydrogens is 460 g/mol. The van der Waals surface area contributed by atoms with Gasteiger partial charge < -0.3 is 20.1 Å². The monoisotopic (exact) mass is 482 g/mol. The fraction of sp³-hybridized carbons (Fsp3) is 0.400. The fourth-order valence-electron chi connectivity index (χ4n) is 3.02. The van der Waals surface area contributed by atoms with Crippen LogP contribution in [0.1, 0.15) is 18.9 Å². The first-order valence-electron chi connectivity index (χ1n) is 8.83. The summed E-state index contributed by atoms with van der Waals surface area (Å²) in [6, 6.07) is 13.5. The molecule has 0 aliphatic carbocycles. The van der Waals surface area contributed by atoms with Crippen LogP contribution < -0.4 is 10.1 Å². The van der Waals surface area contributed by atoms with Crippen molar-refractivity contribution < 1.29 is 9.84 Å². The number of benzene rings is 2. The van der Waals surface area contributed by atoms with Crippen LogP contribution >= 0.6 is 31.9 Å². The lowest BCUT2D eigenvalue weighted by atomic mass is 9.92. The smallest absolute Gasteiger partial charge is 0.141 e. The largest absolute Gasteiger partial charge is 0.456 e. The summed E-state index contributed by atoms with van der Waals surface area (Å²) in [5.41, 5.74) is 0.0663. The van der Waals surface area contributed by atoms with E-state index in [1.807, 2.05) is 49.4 Å². The van der Waals surface area contributed by atoms with E-state index in [4.69, 9.17) is 4.74 Å². The summed E-state index contributed by atoms with van der Waals surface area (Å²) >= 11 is 6.94. The van der Waals surface area contributed by atoms with Gasteiger partial charge in [-0.3, -0.25) is 0 Å². The molecule has 0 amide bonds. The predicted molar refractivity (Wildman–Crippen MR) is 112 cm³/mol. The quantitative estimate of drug-likeness (QED) is 0.634. The van der Waals surface area contributed by atoms with Gasteiger partial charge in [0.1, 0.15) is 11.5 Å². The van der Waals surface area contributed by atoms with Gasteiger partial charge in [0.25, 0.3) is 0 Å². The van der Waals surface area contributed by atoms with Crippen molar-refractivity contribution in [3.05, 3.63) is 57.0 Å². The molecule has 1 unspecified atom stereocenters. The maximum atomic E-state index is 10.9. The van der Waals surface area contributed by atoms with E-state index in [2.05, 4.69) is 42.1 Å². The topological polar surface area (TPSA) is 44.7 Å². The predicted octanol–water partition coefficient (Wildman–Crippen LogP) is 4.51. The summed E-state index contributed by atoms with van der Waals surface area (Å²) < 4.78 is 7.80. The Hall–Kier alpha value is -0.920. The molecular formula is C20H24Br2N2O2. The van der Waals surface area contributed by atoms with Crippen LogP contribution in [0.15, 0.2) is 51.4 Å². The second kappa shape index (κ2) is 8.85. The lowest BCUT2D eigenvalue weighted by Crippen LogP contribution is -2.45. The molecule has 2 aromatic rings. The maximum absolute atomic E-state index is 10.9. The summed E-state index contributed by atoms with van der Waals surface area (Å²) in [4.78, 5) is 2.40. The molecule has 1 saturated heterocycles. The van der Waals surface area contributed by atoms with E-state index < -0.39 is 5.60 Å². The third kappa shape index (κ3) is 5.30. The van der Waals surface area contributed by atoms with Crippen molar-refractivity contribution in [3.8, 4) is 11.5 Å². The first-order chi connectivity index (χ1) is 12.4. The van der Waals surface area contributed by atoms with Crippen LogP contribution in [0, 0.1) is 0 Å². The zero-order chi connectivity index (χ0) is 18.6. The molecule has 4 nitrogen and oxygen atoms in total. The van der Waals surface area contributed by atoms with Crippen LogP contribution in [-0.2, 0) is 5.60 Å². The van der Waals surface area contributed by atoms with Crippen molar-refractivity contribution in [1.82, 2.24) is 10.2 Å². The Bertz CT molecular complexity index is 729. The summed E-state index contributed by atoms with van der Waals surface area (Å²) in [6.45, 7) is 6.94. The second-order valence-electron chi connectivity index (χ2n) is 6.82. The van der Waals surface area contributed by atoms with Crippen molar-refractivity contribution in [1.29, 1.82) is 0 Å². The highest BCUT2D eigenvalue weighted by Gasteiger charge is 2.24. The van der Waals surface area contributed by atoms with Crippen LogP contribution in [0.5, 0.6) is 11.5 Å². The molecule has 1 aliphatic rings. The molecule has 26 heavy (non-hydrogen) atoms. The lowest BCUT2D eigenvalue weighted by molar-refractivity contribution is 0.0345. The number of nitrogens with one attached hydrogen (secondary N) is 1. The molecule has 0 aromatic heterocycles. The maximum Gasteiger partial charge on any atom is 0.141 e. The van der Waals surface area contributed by atoms with Crippen molar-refractivity contribution in [2.75, 3.05) is 32.7 Å². The first-order valence-corrected chi connectivity index (χ1v) is 10.4. The minimum atomic E-state index is -0.846.